The van der Waals surface area contributed by atoms with E-state index in [2.05, 4.69) is 32.2 Å². The van der Waals surface area contributed by atoms with Crippen molar-refractivity contribution in [3.8, 4) is 5.75 Å². The van der Waals surface area contributed by atoms with Gasteiger partial charge in [0.05, 0.1) is 19.1 Å². The molecule has 1 aliphatic heterocycles. The van der Waals surface area contributed by atoms with E-state index in [1.54, 1.807) is 7.11 Å². The fourth-order valence-electron chi connectivity index (χ4n) is 5.31. The van der Waals surface area contributed by atoms with E-state index in [4.69, 9.17) is 4.74 Å². The van der Waals surface area contributed by atoms with E-state index in [1.807, 2.05) is 79.4 Å². The third-order valence-electron chi connectivity index (χ3n) is 7.38. The van der Waals surface area contributed by atoms with E-state index in [0.29, 0.717) is 13.0 Å². The lowest BCUT2D eigenvalue weighted by atomic mass is 9.83. The minimum atomic E-state index is -0.381. The van der Waals surface area contributed by atoms with Gasteiger partial charge in [-0.1, -0.05) is 63.2 Å². The third kappa shape index (κ3) is 5.71. The van der Waals surface area contributed by atoms with Crippen LogP contribution in [-0.4, -0.2) is 30.4 Å². The maximum absolute atomic E-state index is 14.0. The molecule has 2 amide bonds. The molecule has 0 radical (unpaired) electrons. The first-order valence-corrected chi connectivity index (χ1v) is 13.0. The maximum Gasteiger partial charge on any atom is 0.254 e. The summed E-state index contributed by atoms with van der Waals surface area (Å²) in [5.41, 5.74) is 5.47. The van der Waals surface area contributed by atoms with Crippen molar-refractivity contribution in [2.45, 2.75) is 58.9 Å². The van der Waals surface area contributed by atoms with Crippen LogP contribution in [0.4, 0.5) is 5.69 Å². The van der Waals surface area contributed by atoms with Crippen molar-refractivity contribution in [1.82, 2.24) is 4.90 Å². The Balaban J connectivity index is 1.71. The van der Waals surface area contributed by atoms with Crippen molar-refractivity contribution in [3.05, 3.63) is 94.5 Å². The Morgan fingerprint density at radius 3 is 2.22 bits per heavy atom. The van der Waals surface area contributed by atoms with Crippen molar-refractivity contribution >= 4 is 17.5 Å². The number of nitrogens with one attached hydrogen (secondary N) is 1. The van der Waals surface area contributed by atoms with Gasteiger partial charge >= 0.3 is 0 Å². The van der Waals surface area contributed by atoms with Crippen LogP contribution in [0.3, 0.4) is 0 Å². The van der Waals surface area contributed by atoms with Crippen LogP contribution in [0.2, 0.25) is 0 Å². The quantitative estimate of drug-likeness (QED) is 0.419. The number of aryl methyl sites for hydroxylation is 2. The van der Waals surface area contributed by atoms with Crippen molar-refractivity contribution in [2.75, 3.05) is 19.0 Å². The maximum atomic E-state index is 14.0. The number of piperidine rings is 1. The standard InChI is InChI=1S/C32H38N2O3/c1-21-10-7-11-22(2)28(21)31(36)34-19-9-14-27(29(34)23-15-17-26(37-6)18-16-23)30(35)33-25-13-8-12-24(20-25)32(3,4)5/h7-8,10-13,15-18,20,27,29H,9,14,19H2,1-6H3,(H,33,35)/t27-,29-/m0/s1. The molecule has 1 heterocycles. The minimum Gasteiger partial charge on any atom is -0.497 e. The molecular formula is C32H38N2O3. The Morgan fingerprint density at radius 2 is 1.59 bits per heavy atom. The summed E-state index contributed by atoms with van der Waals surface area (Å²) in [5, 5.41) is 3.17. The fraction of sp³-hybridized carbons (Fsp3) is 0.375. The first-order valence-electron chi connectivity index (χ1n) is 13.0. The van der Waals surface area contributed by atoms with Gasteiger partial charge in [-0.3, -0.25) is 9.59 Å². The molecule has 4 rings (SSSR count). The predicted molar refractivity (Wildman–Crippen MR) is 149 cm³/mol. The summed E-state index contributed by atoms with van der Waals surface area (Å²) in [5.74, 6) is 0.274. The molecule has 0 spiro atoms. The second kappa shape index (κ2) is 10.8. The molecule has 0 aliphatic carbocycles. The molecule has 1 fully saturated rings. The van der Waals surface area contributed by atoms with Crippen LogP contribution in [0.25, 0.3) is 0 Å². The molecule has 0 bridgehead atoms. The number of rotatable bonds is 5. The summed E-state index contributed by atoms with van der Waals surface area (Å²) in [4.78, 5) is 29.7. The lowest BCUT2D eigenvalue weighted by Crippen LogP contribution is -2.46. The van der Waals surface area contributed by atoms with Gasteiger partial charge in [0, 0.05) is 17.8 Å². The molecule has 0 saturated carbocycles. The highest BCUT2D eigenvalue weighted by Gasteiger charge is 2.40. The highest BCUT2D eigenvalue weighted by molar-refractivity contribution is 5.99. The summed E-state index contributed by atoms with van der Waals surface area (Å²) in [7, 11) is 1.63. The van der Waals surface area contributed by atoms with Crippen LogP contribution in [-0.2, 0) is 10.2 Å². The van der Waals surface area contributed by atoms with Crippen LogP contribution in [0.5, 0.6) is 5.75 Å². The second-order valence-corrected chi connectivity index (χ2v) is 11.1. The van der Waals surface area contributed by atoms with E-state index in [-0.39, 0.29) is 29.2 Å². The summed E-state index contributed by atoms with van der Waals surface area (Å²) < 4.78 is 5.36. The Labute approximate surface area is 220 Å². The van der Waals surface area contributed by atoms with Crippen LogP contribution in [0, 0.1) is 19.8 Å². The highest BCUT2D eigenvalue weighted by Crippen LogP contribution is 2.39. The minimum absolute atomic E-state index is 0.0220. The first-order chi connectivity index (χ1) is 17.6. The average molecular weight is 499 g/mol. The molecular weight excluding hydrogens is 460 g/mol. The normalized spacial score (nSPS) is 17.8. The number of ether oxygens (including phenoxy) is 1. The largest absolute Gasteiger partial charge is 0.497 e. The third-order valence-corrected chi connectivity index (χ3v) is 7.38. The number of nitrogens with zero attached hydrogens (tertiary/aromatic N) is 1. The molecule has 3 aromatic carbocycles. The smallest absolute Gasteiger partial charge is 0.254 e. The van der Waals surface area contributed by atoms with Crippen LogP contribution >= 0.6 is 0 Å². The average Bonchev–Trinajstić information content (AvgIpc) is 2.87. The molecule has 1 N–H and O–H groups in total. The second-order valence-electron chi connectivity index (χ2n) is 11.1. The zero-order chi connectivity index (χ0) is 26.7. The molecule has 0 aromatic heterocycles. The number of likely N-dealkylation sites (tertiary alicyclic amines) is 1. The lowest BCUT2D eigenvalue weighted by molar-refractivity contribution is -0.123. The zero-order valence-corrected chi connectivity index (χ0v) is 22.8. The number of carbonyl (C=O) groups is 2. The number of anilines is 1. The zero-order valence-electron chi connectivity index (χ0n) is 22.8. The number of hydrogen-bond acceptors (Lipinski definition) is 3. The van der Waals surface area contributed by atoms with E-state index in [0.717, 1.165) is 45.7 Å². The van der Waals surface area contributed by atoms with E-state index >= 15 is 0 Å². The predicted octanol–water partition coefficient (Wildman–Crippen LogP) is 6.84. The summed E-state index contributed by atoms with van der Waals surface area (Å²) in [6.07, 6.45) is 1.47. The molecule has 37 heavy (non-hydrogen) atoms. The Kier molecular flexibility index (Phi) is 7.72. The lowest BCUT2D eigenvalue weighted by Gasteiger charge is -2.41. The molecule has 194 valence electrons. The molecule has 5 nitrogen and oxygen atoms in total. The number of methoxy groups -OCH3 is 1. The number of carbonyl (C=O) groups excluding carboxylic acids is 2. The summed E-state index contributed by atoms with van der Waals surface area (Å²) >= 11 is 0. The highest BCUT2D eigenvalue weighted by atomic mass is 16.5. The molecule has 5 heteroatoms. The topological polar surface area (TPSA) is 58.6 Å². The van der Waals surface area contributed by atoms with E-state index < -0.39 is 0 Å². The van der Waals surface area contributed by atoms with Gasteiger partial charge in [-0.2, -0.15) is 0 Å². The van der Waals surface area contributed by atoms with Crippen LogP contribution in [0.1, 0.15) is 72.3 Å². The first kappa shape index (κ1) is 26.5. The van der Waals surface area contributed by atoms with Gasteiger partial charge in [0.2, 0.25) is 5.91 Å². The van der Waals surface area contributed by atoms with Crippen molar-refractivity contribution in [3.63, 3.8) is 0 Å². The summed E-state index contributed by atoms with van der Waals surface area (Å²) in [6.45, 7) is 11.0. The fourth-order valence-corrected chi connectivity index (χ4v) is 5.31. The molecule has 0 unspecified atom stereocenters. The SMILES string of the molecule is COc1ccc([C@H]2[C@@H](C(=O)Nc3cccc(C(C)(C)C)c3)CCCN2C(=O)c2c(C)cccc2C)cc1. The van der Waals surface area contributed by atoms with Gasteiger partial charge in [-0.15, -0.1) is 0 Å². The van der Waals surface area contributed by atoms with E-state index in [1.165, 1.54) is 0 Å². The monoisotopic (exact) mass is 498 g/mol. The molecule has 2 atom stereocenters. The molecule has 1 saturated heterocycles. The Bertz CT molecular complexity index is 1250. The Morgan fingerprint density at radius 1 is 0.946 bits per heavy atom. The van der Waals surface area contributed by atoms with Gasteiger partial charge in [0.1, 0.15) is 5.75 Å². The van der Waals surface area contributed by atoms with Gasteiger partial charge in [-0.25, -0.2) is 0 Å². The summed E-state index contributed by atoms with van der Waals surface area (Å²) in [6, 6.07) is 21.3. The number of benzene rings is 3. The van der Waals surface area contributed by atoms with Crippen molar-refractivity contribution in [1.29, 1.82) is 0 Å². The van der Waals surface area contributed by atoms with Crippen LogP contribution in [0.15, 0.2) is 66.7 Å². The van der Waals surface area contributed by atoms with Gasteiger partial charge in [0.15, 0.2) is 0 Å². The number of amides is 2. The van der Waals surface area contributed by atoms with Crippen molar-refractivity contribution < 1.29 is 14.3 Å². The van der Waals surface area contributed by atoms with Crippen LogP contribution < -0.4 is 10.1 Å². The number of hydrogen-bond donors (Lipinski definition) is 1. The van der Waals surface area contributed by atoms with Crippen molar-refractivity contribution in [2.24, 2.45) is 5.92 Å². The molecule has 3 aromatic rings. The van der Waals surface area contributed by atoms with Gasteiger partial charge in [-0.05, 0) is 78.6 Å². The molecule has 1 aliphatic rings. The van der Waals surface area contributed by atoms with E-state index in [9.17, 15) is 9.59 Å². The Hall–Kier alpha value is -3.60. The van der Waals surface area contributed by atoms with Gasteiger partial charge < -0.3 is 15.0 Å². The van der Waals surface area contributed by atoms with Gasteiger partial charge in [0.25, 0.3) is 5.91 Å².